The van der Waals surface area contributed by atoms with Gasteiger partial charge < -0.3 is 4.90 Å². The fourth-order valence-electron chi connectivity index (χ4n) is 0.877. The van der Waals surface area contributed by atoms with E-state index in [2.05, 4.69) is 15.9 Å². The summed E-state index contributed by atoms with van der Waals surface area (Å²) in [5, 5.41) is 10.3. The summed E-state index contributed by atoms with van der Waals surface area (Å²) in [4.78, 5) is 22.0. The number of hydrogen-bond donors (Lipinski definition) is 0. The van der Waals surface area contributed by atoms with Crippen molar-refractivity contribution in [1.29, 1.82) is 0 Å². The summed E-state index contributed by atoms with van der Waals surface area (Å²) in [7, 11) is 0. The van der Waals surface area contributed by atoms with E-state index in [0.717, 1.165) is 0 Å². The maximum Gasteiger partial charge on any atom is 0.247 e. The molecule has 1 heterocycles. The summed E-state index contributed by atoms with van der Waals surface area (Å²) >= 11 is 2.99. The Morgan fingerprint density at radius 1 is 1.73 bits per heavy atom. The fourth-order valence-corrected chi connectivity index (χ4v) is 1.23. The molecule has 0 unspecified atom stereocenters. The van der Waals surface area contributed by atoms with Crippen molar-refractivity contribution in [3.63, 3.8) is 0 Å². The molecule has 62 valence electrons. The molecule has 0 saturated carbocycles. The number of nitro groups is 1. The third-order valence-corrected chi connectivity index (χ3v) is 2.11. The number of likely N-dealkylation sites (tertiary alicyclic amines) is 1. The van der Waals surface area contributed by atoms with E-state index >= 15 is 0 Å². The lowest BCUT2D eigenvalue weighted by molar-refractivity contribution is -0.536. The minimum Gasteiger partial charge on any atom is -0.328 e. The van der Waals surface area contributed by atoms with Crippen molar-refractivity contribution in [2.24, 2.45) is 0 Å². The Hall–Kier alpha value is -0.650. The first kappa shape index (κ1) is 8.45. The van der Waals surface area contributed by atoms with Gasteiger partial charge in [-0.2, -0.15) is 0 Å². The molecule has 1 aliphatic heterocycles. The van der Waals surface area contributed by atoms with Crippen molar-refractivity contribution < 1.29 is 9.72 Å². The van der Waals surface area contributed by atoms with Gasteiger partial charge in [0.2, 0.25) is 11.9 Å². The van der Waals surface area contributed by atoms with E-state index in [0.29, 0.717) is 0 Å². The molecule has 1 aliphatic rings. The highest BCUT2D eigenvalue weighted by Crippen LogP contribution is 2.11. The molecule has 1 rings (SSSR count). The van der Waals surface area contributed by atoms with E-state index < -0.39 is 6.04 Å². The summed E-state index contributed by atoms with van der Waals surface area (Å²) in [6, 6.07) is -0.544. The average Bonchev–Trinajstić information content (AvgIpc) is 1.83. The van der Waals surface area contributed by atoms with E-state index in [1.165, 1.54) is 4.90 Å². The molecular weight excluding hydrogens is 216 g/mol. The molecule has 0 radical (unpaired) electrons. The highest BCUT2D eigenvalue weighted by molar-refractivity contribution is 9.09. The molecule has 1 fully saturated rings. The van der Waals surface area contributed by atoms with E-state index in [4.69, 9.17) is 0 Å². The van der Waals surface area contributed by atoms with Crippen molar-refractivity contribution in [2.75, 3.05) is 18.4 Å². The quantitative estimate of drug-likeness (QED) is 0.372. The molecular formula is C5H7BrN2O3. The lowest BCUT2D eigenvalue weighted by Gasteiger charge is -2.32. The lowest BCUT2D eigenvalue weighted by atomic mass is 10.1. The highest BCUT2D eigenvalue weighted by Gasteiger charge is 2.38. The van der Waals surface area contributed by atoms with Crippen molar-refractivity contribution in [3.8, 4) is 0 Å². The van der Waals surface area contributed by atoms with Crippen LogP contribution >= 0.6 is 15.9 Å². The van der Waals surface area contributed by atoms with Gasteiger partial charge >= 0.3 is 0 Å². The predicted molar refractivity (Wildman–Crippen MR) is 41.2 cm³/mol. The second-order valence-corrected chi connectivity index (χ2v) is 2.93. The van der Waals surface area contributed by atoms with Crippen LogP contribution in [0.2, 0.25) is 0 Å². The lowest BCUT2D eigenvalue weighted by Crippen LogP contribution is -2.57. The number of amides is 1. The maximum atomic E-state index is 10.8. The Morgan fingerprint density at radius 2 is 2.27 bits per heavy atom. The Bertz CT molecular complexity index is 190. The van der Waals surface area contributed by atoms with Crippen LogP contribution in [-0.2, 0) is 4.79 Å². The van der Waals surface area contributed by atoms with E-state index in [9.17, 15) is 14.9 Å². The van der Waals surface area contributed by atoms with Crippen LogP contribution in [0.5, 0.6) is 0 Å². The van der Waals surface area contributed by atoms with E-state index in [1.54, 1.807) is 0 Å². The SMILES string of the molecule is O=C(CBr)N1CC([N+](=O)[O-])C1. The standard InChI is InChI=1S/C5H7BrN2O3/c6-1-5(9)7-2-4(3-7)8(10)11/h4H,1-3H2. The van der Waals surface area contributed by atoms with Crippen LogP contribution in [0.25, 0.3) is 0 Å². The Kier molecular flexibility index (Phi) is 2.43. The van der Waals surface area contributed by atoms with Crippen molar-refractivity contribution in [1.82, 2.24) is 4.90 Å². The second-order valence-electron chi connectivity index (χ2n) is 2.37. The number of rotatable bonds is 2. The molecule has 0 bridgehead atoms. The van der Waals surface area contributed by atoms with Gasteiger partial charge in [-0.3, -0.25) is 14.9 Å². The maximum absolute atomic E-state index is 10.8. The minimum atomic E-state index is -0.544. The number of halogens is 1. The van der Waals surface area contributed by atoms with Crippen LogP contribution in [0.3, 0.4) is 0 Å². The molecule has 0 aromatic carbocycles. The van der Waals surface area contributed by atoms with Crippen LogP contribution < -0.4 is 0 Å². The Balaban J connectivity index is 2.29. The molecule has 0 aromatic rings. The topological polar surface area (TPSA) is 63.5 Å². The van der Waals surface area contributed by atoms with Crippen LogP contribution in [0.1, 0.15) is 0 Å². The van der Waals surface area contributed by atoms with Crippen molar-refractivity contribution in [3.05, 3.63) is 10.1 Å². The smallest absolute Gasteiger partial charge is 0.247 e. The predicted octanol–water partition coefficient (Wildman–Crippen LogP) is -0.131. The Morgan fingerprint density at radius 3 is 2.64 bits per heavy atom. The number of carbonyl (C=O) groups is 1. The minimum absolute atomic E-state index is 0.0805. The Labute approximate surface area is 71.6 Å². The average molecular weight is 223 g/mol. The van der Waals surface area contributed by atoms with Gasteiger partial charge in [0.1, 0.15) is 0 Å². The van der Waals surface area contributed by atoms with Crippen molar-refractivity contribution >= 4 is 21.8 Å². The van der Waals surface area contributed by atoms with Gasteiger partial charge in [0.15, 0.2) is 0 Å². The third-order valence-electron chi connectivity index (χ3n) is 1.63. The van der Waals surface area contributed by atoms with Crippen LogP contribution in [0.15, 0.2) is 0 Å². The zero-order valence-corrected chi connectivity index (χ0v) is 7.28. The van der Waals surface area contributed by atoms with E-state index in [-0.39, 0.29) is 29.3 Å². The van der Waals surface area contributed by atoms with Gasteiger partial charge in [0.05, 0.1) is 18.4 Å². The molecule has 0 aromatic heterocycles. The van der Waals surface area contributed by atoms with E-state index in [1.807, 2.05) is 0 Å². The first-order valence-electron chi connectivity index (χ1n) is 3.12. The van der Waals surface area contributed by atoms with Gasteiger partial charge in [-0.05, 0) is 0 Å². The summed E-state index contributed by atoms with van der Waals surface area (Å²) < 4.78 is 0. The van der Waals surface area contributed by atoms with Crippen LogP contribution in [0, 0.1) is 10.1 Å². The normalized spacial score (nSPS) is 17.7. The monoisotopic (exact) mass is 222 g/mol. The zero-order chi connectivity index (χ0) is 8.43. The van der Waals surface area contributed by atoms with Crippen LogP contribution in [0.4, 0.5) is 0 Å². The molecule has 1 saturated heterocycles. The summed E-state index contributed by atoms with van der Waals surface area (Å²) in [5.74, 6) is -0.0805. The van der Waals surface area contributed by atoms with Gasteiger partial charge in [-0.15, -0.1) is 0 Å². The third kappa shape index (κ3) is 1.68. The first-order valence-corrected chi connectivity index (χ1v) is 4.24. The first-order chi connectivity index (χ1) is 5.15. The second kappa shape index (κ2) is 3.17. The molecule has 0 N–H and O–H groups in total. The van der Waals surface area contributed by atoms with Crippen molar-refractivity contribution in [2.45, 2.75) is 6.04 Å². The number of nitrogens with zero attached hydrogens (tertiary/aromatic N) is 2. The van der Waals surface area contributed by atoms with Gasteiger partial charge in [-0.25, -0.2) is 0 Å². The number of alkyl halides is 1. The molecule has 11 heavy (non-hydrogen) atoms. The summed E-state index contributed by atoms with van der Waals surface area (Å²) in [6.07, 6.45) is 0. The summed E-state index contributed by atoms with van der Waals surface area (Å²) in [6.45, 7) is 0.523. The fraction of sp³-hybridized carbons (Fsp3) is 0.800. The molecule has 5 nitrogen and oxygen atoms in total. The zero-order valence-electron chi connectivity index (χ0n) is 5.70. The molecule has 0 spiro atoms. The molecule has 0 aliphatic carbocycles. The van der Waals surface area contributed by atoms with Crippen LogP contribution in [-0.4, -0.2) is 40.2 Å². The molecule has 0 atom stereocenters. The molecule has 6 heteroatoms. The highest BCUT2D eigenvalue weighted by atomic mass is 79.9. The number of hydrogen-bond acceptors (Lipinski definition) is 3. The number of carbonyl (C=O) groups excluding carboxylic acids is 1. The largest absolute Gasteiger partial charge is 0.328 e. The van der Waals surface area contributed by atoms with Gasteiger partial charge in [-0.1, -0.05) is 15.9 Å². The molecule has 1 amide bonds. The van der Waals surface area contributed by atoms with Gasteiger partial charge in [0, 0.05) is 4.92 Å². The summed E-state index contributed by atoms with van der Waals surface area (Å²) in [5.41, 5.74) is 0. The van der Waals surface area contributed by atoms with Gasteiger partial charge in [0.25, 0.3) is 0 Å².